The summed E-state index contributed by atoms with van der Waals surface area (Å²) in [6, 6.07) is 1.62. The minimum atomic E-state index is -3.31. The van der Waals surface area contributed by atoms with Crippen molar-refractivity contribution in [3.63, 3.8) is 0 Å². The van der Waals surface area contributed by atoms with Gasteiger partial charge in [0.25, 0.3) is 6.43 Å². The van der Waals surface area contributed by atoms with Crippen molar-refractivity contribution in [1.29, 1.82) is 0 Å². The van der Waals surface area contributed by atoms with E-state index in [1.807, 2.05) is 0 Å². The van der Waals surface area contributed by atoms with Gasteiger partial charge in [0.15, 0.2) is 11.4 Å². The van der Waals surface area contributed by atoms with E-state index in [0.29, 0.717) is 0 Å². The molecule has 0 saturated heterocycles. The molecule has 0 amide bonds. The molecule has 2 nitrogen and oxygen atoms in total. The minimum Gasteiger partial charge on any atom is -0.454 e. The predicted octanol–water partition coefficient (Wildman–Crippen LogP) is 4.46. The van der Waals surface area contributed by atoms with Gasteiger partial charge >= 0.3 is 0 Å². The van der Waals surface area contributed by atoms with Gasteiger partial charge in [-0.25, -0.2) is 22.0 Å². The standard InChI is InChI=1S/C11H7F5O.H3N/c1-4-7-5(12)2-3-6(13)10(7)17-9(4)8(14)11(15)16;/h2-3,8,11H,1H3;1H3/t8-;/m1./s1. The van der Waals surface area contributed by atoms with Crippen LogP contribution in [0.5, 0.6) is 0 Å². The second-order valence-corrected chi connectivity index (χ2v) is 3.56. The number of hydrogen-bond acceptors (Lipinski definition) is 2. The summed E-state index contributed by atoms with van der Waals surface area (Å²) in [5, 5.41) is -0.302. The first-order chi connectivity index (χ1) is 7.93. The highest BCUT2D eigenvalue weighted by molar-refractivity contribution is 5.83. The second kappa shape index (κ2) is 4.93. The molecule has 0 spiro atoms. The first-order valence-corrected chi connectivity index (χ1v) is 4.72. The lowest BCUT2D eigenvalue weighted by Gasteiger charge is -2.03. The molecule has 0 radical (unpaired) electrons. The molecular weight excluding hydrogens is 257 g/mol. The summed E-state index contributed by atoms with van der Waals surface area (Å²) in [4.78, 5) is 0. The van der Waals surface area contributed by atoms with Crippen molar-refractivity contribution in [2.75, 3.05) is 0 Å². The van der Waals surface area contributed by atoms with Crippen LogP contribution in [0.2, 0.25) is 0 Å². The molecule has 1 aromatic carbocycles. The molecule has 0 saturated carbocycles. The van der Waals surface area contributed by atoms with Crippen LogP contribution in [0.1, 0.15) is 17.5 Å². The Kier molecular flexibility index (Phi) is 3.95. The Hall–Kier alpha value is -1.63. The van der Waals surface area contributed by atoms with Crippen molar-refractivity contribution in [3.8, 4) is 0 Å². The minimum absolute atomic E-state index is 0. The fourth-order valence-electron chi connectivity index (χ4n) is 1.67. The molecular formula is C11H10F5NO. The zero-order chi connectivity index (χ0) is 12.7. The van der Waals surface area contributed by atoms with Gasteiger partial charge in [-0.1, -0.05) is 0 Å². The Bertz CT molecular complexity index is 566. The average molecular weight is 267 g/mol. The largest absolute Gasteiger partial charge is 0.454 e. The van der Waals surface area contributed by atoms with Crippen molar-refractivity contribution < 1.29 is 26.4 Å². The molecule has 1 atom stereocenters. The van der Waals surface area contributed by atoms with Gasteiger partial charge in [0.1, 0.15) is 11.6 Å². The van der Waals surface area contributed by atoms with Crippen molar-refractivity contribution >= 4 is 11.0 Å². The summed E-state index contributed by atoms with van der Waals surface area (Å²) in [5.41, 5.74) is -0.689. The summed E-state index contributed by atoms with van der Waals surface area (Å²) in [5.74, 6) is -2.49. The van der Waals surface area contributed by atoms with Gasteiger partial charge in [-0.2, -0.15) is 0 Å². The number of benzene rings is 1. The van der Waals surface area contributed by atoms with E-state index >= 15 is 0 Å². The summed E-state index contributed by atoms with van der Waals surface area (Å²) in [6.45, 7) is 1.21. The molecule has 0 fully saturated rings. The smallest absolute Gasteiger partial charge is 0.276 e. The molecule has 18 heavy (non-hydrogen) atoms. The highest BCUT2D eigenvalue weighted by Gasteiger charge is 2.29. The van der Waals surface area contributed by atoms with E-state index in [0.717, 1.165) is 12.1 Å². The summed E-state index contributed by atoms with van der Waals surface area (Å²) < 4.78 is 68.8. The van der Waals surface area contributed by atoms with E-state index in [9.17, 15) is 22.0 Å². The lowest BCUT2D eigenvalue weighted by Crippen LogP contribution is -2.03. The van der Waals surface area contributed by atoms with Crippen molar-refractivity contribution in [3.05, 3.63) is 35.1 Å². The monoisotopic (exact) mass is 267 g/mol. The fourth-order valence-corrected chi connectivity index (χ4v) is 1.67. The maximum Gasteiger partial charge on any atom is 0.276 e. The van der Waals surface area contributed by atoms with E-state index in [1.54, 1.807) is 0 Å². The van der Waals surface area contributed by atoms with E-state index < -0.39 is 35.6 Å². The summed E-state index contributed by atoms with van der Waals surface area (Å²) in [6.07, 6.45) is -6.00. The van der Waals surface area contributed by atoms with Crippen LogP contribution in [0.3, 0.4) is 0 Å². The quantitative estimate of drug-likeness (QED) is 0.817. The topological polar surface area (TPSA) is 48.1 Å². The van der Waals surface area contributed by atoms with E-state index in [4.69, 9.17) is 0 Å². The Labute approximate surface area is 99.0 Å². The van der Waals surface area contributed by atoms with Crippen molar-refractivity contribution in [2.45, 2.75) is 19.5 Å². The molecule has 7 heteroatoms. The van der Waals surface area contributed by atoms with Gasteiger partial charge in [-0.3, -0.25) is 0 Å². The Morgan fingerprint density at radius 3 is 2.11 bits per heavy atom. The van der Waals surface area contributed by atoms with Crippen molar-refractivity contribution in [1.82, 2.24) is 6.15 Å². The van der Waals surface area contributed by atoms with E-state index in [1.165, 1.54) is 6.92 Å². The number of furan rings is 1. The zero-order valence-corrected chi connectivity index (χ0v) is 9.31. The first-order valence-electron chi connectivity index (χ1n) is 4.72. The molecule has 1 heterocycles. The van der Waals surface area contributed by atoms with Crippen LogP contribution in [0, 0.1) is 18.6 Å². The van der Waals surface area contributed by atoms with Crippen LogP contribution >= 0.6 is 0 Å². The average Bonchev–Trinajstić information content (AvgIpc) is 2.62. The first kappa shape index (κ1) is 14.4. The Balaban J connectivity index is 0.00000162. The second-order valence-electron chi connectivity index (χ2n) is 3.56. The SMILES string of the molecule is Cc1c([C@@H](F)C(F)F)oc2c(F)ccc(F)c12.N. The van der Waals surface area contributed by atoms with Gasteiger partial charge in [-0.15, -0.1) is 0 Å². The lowest BCUT2D eigenvalue weighted by molar-refractivity contribution is 0.0380. The number of hydrogen-bond donors (Lipinski definition) is 1. The molecule has 3 N–H and O–H groups in total. The van der Waals surface area contributed by atoms with Crippen LogP contribution in [0.15, 0.2) is 16.5 Å². The molecule has 100 valence electrons. The number of aryl methyl sites for hydroxylation is 1. The highest BCUT2D eigenvalue weighted by Crippen LogP contribution is 2.36. The van der Waals surface area contributed by atoms with Gasteiger partial charge in [-0.05, 0) is 19.1 Å². The molecule has 0 aliphatic carbocycles. The number of fused-ring (bicyclic) bond motifs is 1. The van der Waals surface area contributed by atoms with E-state index in [-0.39, 0.29) is 17.1 Å². The molecule has 0 aliphatic rings. The fraction of sp³-hybridized carbons (Fsp3) is 0.273. The molecule has 2 rings (SSSR count). The predicted molar refractivity (Wildman–Crippen MR) is 55.7 cm³/mol. The number of rotatable bonds is 2. The van der Waals surface area contributed by atoms with Crippen molar-refractivity contribution in [2.24, 2.45) is 0 Å². The van der Waals surface area contributed by atoms with Gasteiger partial charge in [0, 0.05) is 5.56 Å². The van der Waals surface area contributed by atoms with E-state index in [2.05, 4.69) is 4.42 Å². The van der Waals surface area contributed by atoms with Crippen LogP contribution in [-0.2, 0) is 0 Å². The highest BCUT2D eigenvalue weighted by atomic mass is 19.3. The van der Waals surface area contributed by atoms with Crippen LogP contribution in [0.4, 0.5) is 22.0 Å². The molecule has 2 aromatic rings. The molecule has 0 aliphatic heterocycles. The normalized spacial score (nSPS) is 12.8. The Morgan fingerprint density at radius 1 is 1.06 bits per heavy atom. The number of alkyl halides is 3. The summed E-state index contributed by atoms with van der Waals surface area (Å²) >= 11 is 0. The van der Waals surface area contributed by atoms with Crippen LogP contribution < -0.4 is 6.15 Å². The third-order valence-corrected chi connectivity index (χ3v) is 2.49. The molecule has 0 bridgehead atoms. The lowest BCUT2D eigenvalue weighted by atomic mass is 10.1. The van der Waals surface area contributed by atoms with Crippen LogP contribution in [0.25, 0.3) is 11.0 Å². The van der Waals surface area contributed by atoms with Gasteiger partial charge in [0.05, 0.1) is 5.39 Å². The van der Waals surface area contributed by atoms with Crippen LogP contribution in [-0.4, -0.2) is 6.43 Å². The maximum atomic E-state index is 13.4. The van der Waals surface area contributed by atoms with Gasteiger partial charge < -0.3 is 10.6 Å². The molecule has 1 aromatic heterocycles. The summed E-state index contributed by atoms with van der Waals surface area (Å²) in [7, 11) is 0. The number of halogens is 5. The molecule has 0 unspecified atom stereocenters. The van der Waals surface area contributed by atoms with Gasteiger partial charge in [0.2, 0.25) is 6.17 Å². The zero-order valence-electron chi connectivity index (χ0n) is 9.31. The Morgan fingerprint density at radius 2 is 1.61 bits per heavy atom. The maximum absolute atomic E-state index is 13.4. The third kappa shape index (κ3) is 2.05. The third-order valence-electron chi connectivity index (χ3n) is 2.49.